The van der Waals surface area contributed by atoms with Gasteiger partial charge in [0, 0.05) is 36.2 Å². The number of nitrogens with zero attached hydrogens (tertiary/aromatic N) is 1. The minimum Gasteiger partial charge on any atom is -0.381 e. The Morgan fingerprint density at radius 3 is 2.83 bits per heavy atom. The highest BCUT2D eigenvalue weighted by Crippen LogP contribution is 2.45. The van der Waals surface area contributed by atoms with Crippen molar-refractivity contribution in [2.45, 2.75) is 18.1 Å². The number of rotatable bonds is 4. The van der Waals surface area contributed by atoms with Crippen molar-refractivity contribution in [3.63, 3.8) is 0 Å². The van der Waals surface area contributed by atoms with E-state index in [0.717, 1.165) is 0 Å². The van der Waals surface area contributed by atoms with E-state index in [0.29, 0.717) is 30.2 Å². The summed E-state index contributed by atoms with van der Waals surface area (Å²) >= 11 is 5.92. The van der Waals surface area contributed by atoms with Crippen LogP contribution in [-0.4, -0.2) is 56.0 Å². The molecule has 2 aliphatic heterocycles. The molecule has 1 unspecified atom stereocenters. The minimum atomic E-state index is -3.19. The lowest BCUT2D eigenvalue weighted by Gasteiger charge is -2.49. The van der Waals surface area contributed by atoms with Gasteiger partial charge < -0.3 is 9.64 Å². The third-order valence-electron chi connectivity index (χ3n) is 4.90. The quantitative estimate of drug-likeness (QED) is 0.826. The highest BCUT2D eigenvalue weighted by molar-refractivity contribution is 7.93. The summed E-state index contributed by atoms with van der Waals surface area (Å²) in [6.07, 6.45) is 0.613. The molecule has 0 saturated carbocycles. The molecule has 0 N–H and O–H groups in total. The second kappa shape index (κ2) is 6.07. The highest BCUT2D eigenvalue weighted by atomic mass is 35.5. The Bertz CT molecular complexity index is 713. The predicted molar refractivity (Wildman–Crippen MR) is 88.5 cm³/mol. The van der Waals surface area contributed by atoms with Crippen LogP contribution in [0.4, 0.5) is 0 Å². The SMILES string of the molecule is CCOCC1CCS(=O)(=O)C12CN(C(=O)c1cccc(Cl)c1)C2. The molecule has 2 aliphatic rings. The fraction of sp³-hybridized carbons (Fsp3) is 0.562. The number of carbonyl (C=O) groups is 1. The molecular weight excluding hydrogens is 338 g/mol. The van der Waals surface area contributed by atoms with Crippen LogP contribution in [0.5, 0.6) is 0 Å². The largest absolute Gasteiger partial charge is 0.381 e. The van der Waals surface area contributed by atoms with Crippen molar-refractivity contribution in [3.05, 3.63) is 34.9 Å². The smallest absolute Gasteiger partial charge is 0.254 e. The van der Waals surface area contributed by atoms with Crippen molar-refractivity contribution in [3.8, 4) is 0 Å². The Balaban J connectivity index is 1.76. The molecule has 1 spiro atoms. The molecule has 2 saturated heterocycles. The van der Waals surface area contributed by atoms with E-state index in [1.165, 1.54) is 0 Å². The first-order valence-electron chi connectivity index (χ1n) is 7.74. The zero-order valence-corrected chi connectivity index (χ0v) is 14.6. The topological polar surface area (TPSA) is 63.7 Å². The zero-order chi connectivity index (χ0) is 16.7. The van der Waals surface area contributed by atoms with Gasteiger partial charge in [0.25, 0.3) is 5.91 Å². The number of halogens is 1. The fourth-order valence-electron chi connectivity index (χ4n) is 3.52. The second-order valence-corrected chi connectivity index (χ2v) is 9.09. The molecule has 5 nitrogen and oxygen atoms in total. The van der Waals surface area contributed by atoms with Crippen LogP contribution in [-0.2, 0) is 14.6 Å². The molecule has 126 valence electrons. The maximum Gasteiger partial charge on any atom is 0.254 e. The second-order valence-electron chi connectivity index (χ2n) is 6.20. The number of sulfone groups is 1. The summed E-state index contributed by atoms with van der Waals surface area (Å²) in [4.78, 5) is 14.1. The van der Waals surface area contributed by atoms with E-state index < -0.39 is 14.6 Å². The Labute approximate surface area is 141 Å². The first kappa shape index (κ1) is 16.7. The first-order chi connectivity index (χ1) is 10.9. The number of likely N-dealkylation sites (tertiary alicyclic amines) is 1. The maximum absolute atomic E-state index is 12.5. The van der Waals surface area contributed by atoms with Crippen molar-refractivity contribution in [2.75, 3.05) is 32.1 Å². The maximum atomic E-state index is 12.5. The molecule has 0 aromatic heterocycles. The van der Waals surface area contributed by atoms with Crippen molar-refractivity contribution >= 4 is 27.3 Å². The fourth-order valence-corrected chi connectivity index (χ4v) is 6.11. The van der Waals surface area contributed by atoms with Crippen molar-refractivity contribution in [1.29, 1.82) is 0 Å². The van der Waals surface area contributed by atoms with Gasteiger partial charge in [0.05, 0.1) is 12.4 Å². The standard InChI is InChI=1S/C16H20ClNO4S/c1-2-22-9-13-6-7-23(20,21)16(13)10-18(11-16)15(19)12-4-3-5-14(17)8-12/h3-5,8,13H,2,6-7,9-11H2,1H3. The van der Waals surface area contributed by atoms with Gasteiger partial charge in [0.1, 0.15) is 4.75 Å². The molecule has 0 aliphatic carbocycles. The Kier molecular flexibility index (Phi) is 4.42. The average molecular weight is 358 g/mol. The van der Waals surface area contributed by atoms with E-state index in [1.54, 1.807) is 29.2 Å². The summed E-state index contributed by atoms with van der Waals surface area (Å²) in [6.45, 7) is 3.40. The van der Waals surface area contributed by atoms with Crippen LogP contribution in [0.1, 0.15) is 23.7 Å². The van der Waals surface area contributed by atoms with Gasteiger partial charge in [0.15, 0.2) is 9.84 Å². The Morgan fingerprint density at radius 2 is 2.17 bits per heavy atom. The molecule has 1 atom stereocenters. The van der Waals surface area contributed by atoms with E-state index in [9.17, 15) is 13.2 Å². The third kappa shape index (κ3) is 2.77. The molecule has 7 heteroatoms. The van der Waals surface area contributed by atoms with Gasteiger partial charge in [-0.05, 0) is 31.5 Å². The molecule has 1 amide bonds. The lowest BCUT2D eigenvalue weighted by atomic mass is 9.83. The molecular formula is C16H20ClNO4S. The van der Waals surface area contributed by atoms with E-state index in [2.05, 4.69) is 0 Å². The van der Waals surface area contributed by atoms with Gasteiger partial charge in [-0.1, -0.05) is 17.7 Å². The number of benzene rings is 1. The summed E-state index contributed by atoms with van der Waals surface area (Å²) in [5.41, 5.74) is 0.490. The number of ether oxygens (including phenoxy) is 1. The lowest BCUT2D eigenvalue weighted by molar-refractivity contribution is 0.0271. The van der Waals surface area contributed by atoms with Gasteiger partial charge in [-0.15, -0.1) is 0 Å². The average Bonchev–Trinajstić information content (AvgIpc) is 2.73. The number of carbonyl (C=O) groups excluding carboxylic acids is 1. The predicted octanol–water partition coefficient (Wildman–Crippen LogP) is 2.01. The molecule has 3 rings (SSSR count). The van der Waals surface area contributed by atoms with Crippen LogP contribution in [0.2, 0.25) is 5.02 Å². The molecule has 1 aromatic carbocycles. The summed E-state index contributed by atoms with van der Waals surface area (Å²) in [6, 6.07) is 6.72. The van der Waals surface area contributed by atoms with E-state index >= 15 is 0 Å². The molecule has 2 fully saturated rings. The zero-order valence-electron chi connectivity index (χ0n) is 13.0. The highest BCUT2D eigenvalue weighted by Gasteiger charge is 2.62. The van der Waals surface area contributed by atoms with Crippen molar-refractivity contribution < 1.29 is 17.9 Å². The van der Waals surface area contributed by atoms with Crippen LogP contribution in [0.25, 0.3) is 0 Å². The summed E-state index contributed by atoms with van der Waals surface area (Å²) in [7, 11) is -3.19. The first-order valence-corrected chi connectivity index (χ1v) is 9.77. The van der Waals surface area contributed by atoms with Crippen LogP contribution < -0.4 is 0 Å². The third-order valence-corrected chi connectivity index (χ3v) is 7.74. The minimum absolute atomic E-state index is 0.0316. The molecule has 0 radical (unpaired) electrons. The summed E-state index contributed by atoms with van der Waals surface area (Å²) in [5.74, 6) is -0.0181. The van der Waals surface area contributed by atoms with E-state index in [-0.39, 0.29) is 30.7 Å². The molecule has 23 heavy (non-hydrogen) atoms. The normalized spacial score (nSPS) is 24.6. The molecule has 1 aromatic rings. The lowest BCUT2D eigenvalue weighted by Crippen LogP contribution is -2.68. The van der Waals surface area contributed by atoms with Gasteiger partial charge in [-0.2, -0.15) is 0 Å². The van der Waals surface area contributed by atoms with Crippen molar-refractivity contribution in [1.82, 2.24) is 4.90 Å². The summed E-state index contributed by atoms with van der Waals surface area (Å²) in [5, 5.41) is 0.494. The number of hydrogen-bond donors (Lipinski definition) is 0. The van der Waals surface area contributed by atoms with Crippen LogP contribution in [0.3, 0.4) is 0 Å². The van der Waals surface area contributed by atoms with Crippen LogP contribution in [0.15, 0.2) is 24.3 Å². The van der Waals surface area contributed by atoms with Crippen molar-refractivity contribution in [2.24, 2.45) is 5.92 Å². The number of hydrogen-bond acceptors (Lipinski definition) is 4. The van der Waals surface area contributed by atoms with E-state index in [1.807, 2.05) is 6.92 Å². The van der Waals surface area contributed by atoms with E-state index in [4.69, 9.17) is 16.3 Å². The van der Waals surface area contributed by atoms with Gasteiger partial charge in [0.2, 0.25) is 0 Å². The van der Waals surface area contributed by atoms with Gasteiger partial charge in [-0.25, -0.2) is 8.42 Å². The van der Waals surface area contributed by atoms with Gasteiger partial charge in [-0.3, -0.25) is 4.79 Å². The van der Waals surface area contributed by atoms with Crippen LogP contribution >= 0.6 is 11.6 Å². The Morgan fingerprint density at radius 1 is 1.43 bits per heavy atom. The molecule has 0 bridgehead atoms. The summed E-state index contributed by atoms with van der Waals surface area (Å²) < 4.78 is 29.6. The Hall–Kier alpha value is -1.11. The number of amides is 1. The monoisotopic (exact) mass is 357 g/mol. The van der Waals surface area contributed by atoms with Crippen LogP contribution in [0, 0.1) is 5.92 Å². The molecule has 2 heterocycles. The van der Waals surface area contributed by atoms with Gasteiger partial charge >= 0.3 is 0 Å².